The summed E-state index contributed by atoms with van der Waals surface area (Å²) in [6.45, 7) is 6.37. The van der Waals surface area contributed by atoms with Crippen LogP contribution < -0.4 is 5.43 Å². The van der Waals surface area contributed by atoms with Gasteiger partial charge in [0.2, 0.25) is 0 Å². The summed E-state index contributed by atoms with van der Waals surface area (Å²) in [6.07, 6.45) is 1.31. The van der Waals surface area contributed by atoms with Crippen LogP contribution in [0.15, 0.2) is 29.1 Å². The first-order chi connectivity index (χ1) is 10.6. The molecule has 116 valence electrons. The standard InChI is InChI=1S/C18H23N3O/c1-12-3-4-16-15(7-12)18(22)8-14(19-16)10-21-9-13-5-6-20(2)17(13)11-21/h3-4,7-8,13,17H,5-6,9-11H2,1-2H3,(H,19,22)/t13-,17+/m1/s1. The summed E-state index contributed by atoms with van der Waals surface area (Å²) in [5, 5.41) is 0.793. The van der Waals surface area contributed by atoms with E-state index in [0.717, 1.165) is 47.7 Å². The van der Waals surface area contributed by atoms with Gasteiger partial charge in [-0.1, -0.05) is 11.6 Å². The van der Waals surface area contributed by atoms with Crippen LogP contribution in [0, 0.1) is 12.8 Å². The quantitative estimate of drug-likeness (QED) is 0.921. The lowest BCUT2D eigenvalue weighted by molar-refractivity contribution is 0.254. The Kier molecular flexibility index (Phi) is 3.31. The average molecular weight is 297 g/mol. The molecule has 4 heteroatoms. The Bertz CT molecular complexity index is 767. The van der Waals surface area contributed by atoms with Crippen molar-refractivity contribution in [1.82, 2.24) is 14.8 Å². The van der Waals surface area contributed by atoms with Crippen LogP contribution in [0.3, 0.4) is 0 Å². The predicted octanol–water partition coefficient (Wildman–Crippen LogP) is 1.97. The fourth-order valence-corrected chi connectivity index (χ4v) is 4.13. The van der Waals surface area contributed by atoms with Crippen molar-refractivity contribution in [2.75, 3.05) is 26.7 Å². The number of hydrogen-bond donors (Lipinski definition) is 1. The number of hydrogen-bond acceptors (Lipinski definition) is 3. The van der Waals surface area contributed by atoms with Crippen LogP contribution in [0.1, 0.15) is 17.7 Å². The van der Waals surface area contributed by atoms with Gasteiger partial charge in [-0.2, -0.15) is 0 Å². The fourth-order valence-electron chi connectivity index (χ4n) is 4.13. The van der Waals surface area contributed by atoms with Crippen LogP contribution in [0.5, 0.6) is 0 Å². The van der Waals surface area contributed by atoms with E-state index in [-0.39, 0.29) is 5.43 Å². The molecule has 2 aliphatic rings. The smallest absolute Gasteiger partial charge is 0.189 e. The Hall–Kier alpha value is -1.65. The van der Waals surface area contributed by atoms with E-state index < -0.39 is 0 Å². The van der Waals surface area contributed by atoms with Gasteiger partial charge in [0, 0.05) is 48.3 Å². The molecule has 1 aromatic heterocycles. The Labute approximate surface area is 130 Å². The second-order valence-corrected chi connectivity index (χ2v) is 7.00. The number of likely N-dealkylation sites (N-methyl/N-ethyl adjacent to an activating group) is 1. The number of aromatic nitrogens is 1. The molecule has 2 fully saturated rings. The number of benzene rings is 1. The average Bonchev–Trinajstić information content (AvgIpc) is 3.02. The van der Waals surface area contributed by atoms with Crippen LogP contribution in [0.2, 0.25) is 0 Å². The highest BCUT2D eigenvalue weighted by molar-refractivity contribution is 5.79. The number of aromatic amines is 1. The van der Waals surface area contributed by atoms with E-state index in [0.29, 0.717) is 6.04 Å². The Morgan fingerprint density at radius 2 is 2.14 bits per heavy atom. The van der Waals surface area contributed by atoms with Crippen molar-refractivity contribution in [1.29, 1.82) is 0 Å². The summed E-state index contributed by atoms with van der Waals surface area (Å²) in [6, 6.07) is 8.52. The van der Waals surface area contributed by atoms with Gasteiger partial charge in [-0.3, -0.25) is 9.69 Å². The molecule has 0 saturated carbocycles. The Balaban J connectivity index is 1.58. The first kappa shape index (κ1) is 14.0. The second kappa shape index (κ2) is 5.21. The van der Waals surface area contributed by atoms with E-state index in [1.807, 2.05) is 19.1 Å². The minimum atomic E-state index is 0.129. The van der Waals surface area contributed by atoms with Crippen molar-refractivity contribution in [3.8, 4) is 0 Å². The fraction of sp³-hybridized carbons (Fsp3) is 0.500. The first-order valence-electron chi connectivity index (χ1n) is 8.15. The monoisotopic (exact) mass is 297 g/mol. The summed E-state index contributed by atoms with van der Waals surface area (Å²) in [7, 11) is 2.23. The summed E-state index contributed by atoms with van der Waals surface area (Å²) in [5.74, 6) is 0.805. The Morgan fingerprint density at radius 1 is 1.27 bits per heavy atom. The highest BCUT2D eigenvalue weighted by Gasteiger charge is 2.39. The van der Waals surface area contributed by atoms with E-state index >= 15 is 0 Å². The van der Waals surface area contributed by atoms with Crippen molar-refractivity contribution in [2.45, 2.75) is 25.9 Å². The maximum Gasteiger partial charge on any atom is 0.189 e. The van der Waals surface area contributed by atoms with Gasteiger partial charge < -0.3 is 9.88 Å². The molecule has 0 radical (unpaired) electrons. The van der Waals surface area contributed by atoms with Crippen molar-refractivity contribution >= 4 is 10.9 Å². The van der Waals surface area contributed by atoms with Crippen molar-refractivity contribution < 1.29 is 0 Å². The van der Waals surface area contributed by atoms with Crippen LogP contribution in [0.25, 0.3) is 10.9 Å². The van der Waals surface area contributed by atoms with E-state index in [2.05, 4.69) is 27.9 Å². The predicted molar refractivity (Wildman–Crippen MR) is 89.1 cm³/mol. The van der Waals surface area contributed by atoms with E-state index in [1.165, 1.54) is 13.0 Å². The lowest BCUT2D eigenvalue weighted by atomic mass is 10.1. The minimum absolute atomic E-state index is 0.129. The minimum Gasteiger partial charge on any atom is -0.357 e. The molecule has 4 rings (SSSR count). The van der Waals surface area contributed by atoms with Crippen molar-refractivity contribution in [3.63, 3.8) is 0 Å². The van der Waals surface area contributed by atoms with Gasteiger partial charge in [0.25, 0.3) is 0 Å². The molecule has 2 aliphatic heterocycles. The molecule has 22 heavy (non-hydrogen) atoms. The molecule has 0 unspecified atom stereocenters. The molecular weight excluding hydrogens is 274 g/mol. The maximum atomic E-state index is 12.3. The van der Waals surface area contributed by atoms with E-state index in [1.54, 1.807) is 6.07 Å². The third kappa shape index (κ3) is 2.36. The zero-order chi connectivity index (χ0) is 15.3. The number of aryl methyl sites for hydroxylation is 1. The molecule has 1 N–H and O–H groups in total. The number of H-pyrrole nitrogens is 1. The summed E-state index contributed by atoms with van der Waals surface area (Å²) >= 11 is 0. The third-order valence-corrected chi connectivity index (χ3v) is 5.34. The van der Waals surface area contributed by atoms with Gasteiger partial charge in [-0.15, -0.1) is 0 Å². The van der Waals surface area contributed by atoms with Gasteiger partial charge in [0.15, 0.2) is 5.43 Å². The molecule has 3 heterocycles. The zero-order valence-electron chi connectivity index (χ0n) is 13.3. The van der Waals surface area contributed by atoms with E-state index in [9.17, 15) is 4.79 Å². The van der Waals surface area contributed by atoms with Crippen molar-refractivity contribution in [2.24, 2.45) is 5.92 Å². The number of fused-ring (bicyclic) bond motifs is 2. The van der Waals surface area contributed by atoms with Crippen LogP contribution >= 0.6 is 0 Å². The molecule has 0 aliphatic carbocycles. The van der Waals surface area contributed by atoms with Gasteiger partial charge >= 0.3 is 0 Å². The molecule has 4 nitrogen and oxygen atoms in total. The molecule has 2 atom stereocenters. The number of likely N-dealkylation sites (tertiary alicyclic amines) is 2. The lowest BCUT2D eigenvalue weighted by Gasteiger charge is -2.20. The lowest BCUT2D eigenvalue weighted by Crippen LogP contribution is -2.32. The largest absolute Gasteiger partial charge is 0.357 e. The van der Waals surface area contributed by atoms with Crippen molar-refractivity contribution in [3.05, 3.63) is 45.7 Å². The molecule has 1 aromatic carbocycles. The van der Waals surface area contributed by atoms with Gasteiger partial charge in [-0.05, 0) is 45.0 Å². The molecule has 2 aromatic rings. The normalized spacial score (nSPS) is 25.9. The number of nitrogens with zero attached hydrogens (tertiary/aromatic N) is 2. The van der Waals surface area contributed by atoms with Crippen LogP contribution in [0.4, 0.5) is 0 Å². The molecule has 0 spiro atoms. The van der Waals surface area contributed by atoms with Crippen LogP contribution in [-0.2, 0) is 6.54 Å². The first-order valence-corrected chi connectivity index (χ1v) is 8.15. The summed E-state index contributed by atoms with van der Waals surface area (Å²) < 4.78 is 0. The molecule has 2 saturated heterocycles. The topological polar surface area (TPSA) is 39.3 Å². The van der Waals surface area contributed by atoms with Crippen LogP contribution in [-0.4, -0.2) is 47.5 Å². The highest BCUT2D eigenvalue weighted by atomic mass is 16.1. The molecule has 0 bridgehead atoms. The molecular formula is C18H23N3O. The second-order valence-electron chi connectivity index (χ2n) is 7.00. The zero-order valence-corrected chi connectivity index (χ0v) is 13.3. The Morgan fingerprint density at radius 3 is 2.95 bits per heavy atom. The van der Waals surface area contributed by atoms with E-state index in [4.69, 9.17) is 0 Å². The summed E-state index contributed by atoms with van der Waals surface area (Å²) in [4.78, 5) is 20.7. The number of pyridine rings is 1. The SMILES string of the molecule is Cc1ccc2[nH]c(CN3C[C@H]4CCN(C)[C@H]4C3)cc(=O)c2c1. The van der Waals surface area contributed by atoms with Gasteiger partial charge in [0.1, 0.15) is 0 Å². The maximum absolute atomic E-state index is 12.3. The summed E-state index contributed by atoms with van der Waals surface area (Å²) in [5.41, 5.74) is 3.23. The van der Waals surface area contributed by atoms with Gasteiger partial charge in [-0.25, -0.2) is 0 Å². The van der Waals surface area contributed by atoms with Gasteiger partial charge in [0.05, 0.1) is 0 Å². The third-order valence-electron chi connectivity index (χ3n) is 5.34. The molecule has 0 amide bonds. The number of rotatable bonds is 2. The number of nitrogens with one attached hydrogen (secondary N) is 1. The highest BCUT2D eigenvalue weighted by Crippen LogP contribution is 2.30.